The first-order valence-corrected chi connectivity index (χ1v) is 9.41. The number of carbonyl (C=O) groups excluding carboxylic acids is 1. The highest BCUT2D eigenvalue weighted by molar-refractivity contribution is 7.99. The molecule has 1 aliphatic carbocycles. The summed E-state index contributed by atoms with van der Waals surface area (Å²) >= 11 is 1.95. The van der Waals surface area contributed by atoms with Crippen molar-refractivity contribution in [1.29, 1.82) is 0 Å². The van der Waals surface area contributed by atoms with Crippen molar-refractivity contribution in [3.05, 3.63) is 32.1 Å². The van der Waals surface area contributed by atoms with Crippen LogP contribution in [0.25, 0.3) is 0 Å². The summed E-state index contributed by atoms with van der Waals surface area (Å²) < 4.78 is 0. The molecule has 6 nitrogen and oxygen atoms in total. The molecule has 1 aromatic rings. The molecule has 0 radical (unpaired) electrons. The van der Waals surface area contributed by atoms with Crippen molar-refractivity contribution < 1.29 is 4.79 Å². The van der Waals surface area contributed by atoms with Gasteiger partial charge in [-0.3, -0.25) is 14.6 Å². The van der Waals surface area contributed by atoms with Crippen LogP contribution < -0.4 is 11.2 Å². The van der Waals surface area contributed by atoms with Gasteiger partial charge in [0.25, 0.3) is 5.56 Å². The van der Waals surface area contributed by atoms with Crippen molar-refractivity contribution in [2.45, 2.75) is 45.1 Å². The third kappa shape index (κ3) is 3.88. The summed E-state index contributed by atoms with van der Waals surface area (Å²) in [6.45, 7) is 2.53. The van der Waals surface area contributed by atoms with Gasteiger partial charge < -0.3 is 9.88 Å². The Bertz CT molecular complexity index is 693. The molecular weight excluding hydrogens is 314 g/mol. The van der Waals surface area contributed by atoms with Crippen LogP contribution in [-0.4, -0.2) is 44.9 Å². The van der Waals surface area contributed by atoms with E-state index >= 15 is 0 Å². The first-order valence-electron chi connectivity index (χ1n) is 8.25. The van der Waals surface area contributed by atoms with Crippen LogP contribution in [0.1, 0.15) is 36.9 Å². The Morgan fingerprint density at radius 2 is 2.09 bits per heavy atom. The van der Waals surface area contributed by atoms with Gasteiger partial charge >= 0.3 is 5.69 Å². The predicted molar refractivity (Wildman–Crippen MR) is 90.9 cm³/mol. The SMILES string of the molecule is Cc1[nH]c(=O)[nH]c(=O)c1CCC(=O)N1CCCSCC1C1CC1. The molecule has 1 saturated heterocycles. The normalized spacial score (nSPS) is 22.0. The summed E-state index contributed by atoms with van der Waals surface area (Å²) in [6, 6.07) is 0.366. The smallest absolute Gasteiger partial charge is 0.325 e. The van der Waals surface area contributed by atoms with Gasteiger partial charge in [0, 0.05) is 36.0 Å². The molecule has 1 aliphatic heterocycles. The highest BCUT2D eigenvalue weighted by Crippen LogP contribution is 2.38. The lowest BCUT2D eigenvalue weighted by molar-refractivity contribution is -0.133. The number of hydrogen-bond acceptors (Lipinski definition) is 4. The highest BCUT2D eigenvalue weighted by Gasteiger charge is 2.37. The van der Waals surface area contributed by atoms with Crippen LogP contribution in [0, 0.1) is 12.8 Å². The molecule has 1 unspecified atom stereocenters. The molecule has 2 fully saturated rings. The number of hydrogen-bond donors (Lipinski definition) is 2. The van der Waals surface area contributed by atoms with Gasteiger partial charge in [0.1, 0.15) is 0 Å². The first kappa shape index (κ1) is 16.4. The van der Waals surface area contributed by atoms with Gasteiger partial charge in [0.15, 0.2) is 0 Å². The maximum atomic E-state index is 12.7. The molecule has 1 atom stereocenters. The van der Waals surface area contributed by atoms with E-state index < -0.39 is 5.69 Å². The van der Waals surface area contributed by atoms with Crippen molar-refractivity contribution in [2.24, 2.45) is 5.92 Å². The molecule has 2 N–H and O–H groups in total. The van der Waals surface area contributed by atoms with Crippen molar-refractivity contribution in [1.82, 2.24) is 14.9 Å². The fourth-order valence-electron chi connectivity index (χ4n) is 3.28. The first-order chi connectivity index (χ1) is 11.1. The van der Waals surface area contributed by atoms with Crippen molar-refractivity contribution >= 4 is 17.7 Å². The lowest BCUT2D eigenvalue weighted by atomic mass is 10.1. The van der Waals surface area contributed by atoms with E-state index in [1.54, 1.807) is 6.92 Å². The average Bonchev–Trinajstić information content (AvgIpc) is 3.31. The fourth-order valence-corrected chi connectivity index (χ4v) is 4.47. The van der Waals surface area contributed by atoms with E-state index in [-0.39, 0.29) is 11.5 Å². The lowest BCUT2D eigenvalue weighted by Crippen LogP contribution is -2.43. The van der Waals surface area contributed by atoms with Gasteiger partial charge in [0.05, 0.1) is 0 Å². The zero-order valence-electron chi connectivity index (χ0n) is 13.4. The highest BCUT2D eigenvalue weighted by atomic mass is 32.2. The standard InChI is InChI=1S/C16H23N3O3S/c1-10-12(15(21)18-16(22)17-10)5-6-14(20)19-7-2-8-23-9-13(19)11-3-4-11/h11,13H,2-9H2,1H3,(H2,17,18,21,22). The van der Waals surface area contributed by atoms with Crippen LogP contribution in [-0.2, 0) is 11.2 Å². The Hall–Kier alpha value is -1.50. The number of rotatable bonds is 4. The number of H-pyrrole nitrogens is 2. The monoisotopic (exact) mass is 337 g/mol. The number of aromatic amines is 2. The van der Waals surface area contributed by atoms with E-state index in [1.165, 1.54) is 12.8 Å². The van der Waals surface area contributed by atoms with Gasteiger partial charge in [0.2, 0.25) is 5.91 Å². The molecular formula is C16H23N3O3S. The van der Waals surface area contributed by atoms with Gasteiger partial charge in [-0.2, -0.15) is 11.8 Å². The van der Waals surface area contributed by atoms with Gasteiger partial charge in [-0.05, 0) is 44.3 Å². The summed E-state index contributed by atoms with van der Waals surface area (Å²) in [6.07, 6.45) is 4.20. The Morgan fingerprint density at radius 1 is 1.30 bits per heavy atom. The quantitative estimate of drug-likeness (QED) is 0.860. The lowest BCUT2D eigenvalue weighted by Gasteiger charge is -2.30. The number of carbonyl (C=O) groups is 1. The molecule has 1 saturated carbocycles. The van der Waals surface area contributed by atoms with E-state index in [0.717, 1.165) is 24.5 Å². The molecule has 1 amide bonds. The third-order valence-electron chi connectivity index (χ3n) is 4.71. The molecule has 1 aromatic heterocycles. The Morgan fingerprint density at radius 3 is 2.78 bits per heavy atom. The Labute approximate surface area is 139 Å². The van der Waals surface area contributed by atoms with E-state index in [2.05, 4.69) is 9.97 Å². The number of aromatic nitrogens is 2. The number of aryl methyl sites for hydroxylation is 1. The van der Waals surface area contributed by atoms with Crippen molar-refractivity contribution in [2.75, 3.05) is 18.1 Å². The average molecular weight is 337 g/mol. The number of amides is 1. The Kier molecular flexibility index (Phi) is 4.94. The maximum absolute atomic E-state index is 12.7. The maximum Gasteiger partial charge on any atom is 0.325 e. The molecule has 23 heavy (non-hydrogen) atoms. The Balaban J connectivity index is 1.68. The van der Waals surface area contributed by atoms with Crippen LogP contribution >= 0.6 is 11.8 Å². The molecule has 0 aromatic carbocycles. The largest absolute Gasteiger partial charge is 0.339 e. The number of thioether (sulfide) groups is 1. The summed E-state index contributed by atoms with van der Waals surface area (Å²) in [7, 11) is 0. The molecule has 3 rings (SSSR count). The minimum Gasteiger partial charge on any atom is -0.339 e. The van der Waals surface area contributed by atoms with Gasteiger partial charge in [-0.25, -0.2) is 4.79 Å². The van der Waals surface area contributed by atoms with E-state index in [0.29, 0.717) is 36.1 Å². The van der Waals surface area contributed by atoms with Crippen molar-refractivity contribution in [3.63, 3.8) is 0 Å². The van der Waals surface area contributed by atoms with Crippen LogP contribution in [0.15, 0.2) is 9.59 Å². The third-order valence-corrected chi connectivity index (χ3v) is 5.86. The summed E-state index contributed by atoms with van der Waals surface area (Å²) in [5.41, 5.74) is 0.173. The molecule has 0 bridgehead atoms. The molecule has 126 valence electrons. The number of nitrogens with zero attached hydrogens (tertiary/aromatic N) is 1. The zero-order valence-corrected chi connectivity index (χ0v) is 14.2. The second kappa shape index (κ2) is 6.95. The fraction of sp³-hybridized carbons (Fsp3) is 0.688. The molecule has 2 aliphatic rings. The van der Waals surface area contributed by atoms with Crippen LogP contribution in [0.2, 0.25) is 0 Å². The molecule has 7 heteroatoms. The van der Waals surface area contributed by atoms with E-state index in [4.69, 9.17) is 0 Å². The minimum absolute atomic E-state index is 0.134. The number of nitrogens with one attached hydrogen (secondary N) is 2. The van der Waals surface area contributed by atoms with E-state index in [1.807, 2.05) is 16.7 Å². The van der Waals surface area contributed by atoms with Crippen LogP contribution in [0.3, 0.4) is 0 Å². The van der Waals surface area contributed by atoms with Crippen LogP contribution in [0.4, 0.5) is 0 Å². The van der Waals surface area contributed by atoms with Crippen molar-refractivity contribution in [3.8, 4) is 0 Å². The van der Waals surface area contributed by atoms with Crippen LogP contribution in [0.5, 0.6) is 0 Å². The minimum atomic E-state index is -0.499. The zero-order chi connectivity index (χ0) is 16.4. The topological polar surface area (TPSA) is 86.0 Å². The van der Waals surface area contributed by atoms with Gasteiger partial charge in [-0.15, -0.1) is 0 Å². The predicted octanol–water partition coefficient (Wildman–Crippen LogP) is 1.05. The second-order valence-electron chi connectivity index (χ2n) is 6.43. The van der Waals surface area contributed by atoms with E-state index in [9.17, 15) is 14.4 Å². The summed E-state index contributed by atoms with van der Waals surface area (Å²) in [5, 5.41) is 0. The molecule has 2 heterocycles. The summed E-state index contributed by atoms with van der Waals surface area (Å²) in [4.78, 5) is 42.7. The summed E-state index contributed by atoms with van der Waals surface area (Å²) in [5.74, 6) is 2.96. The van der Waals surface area contributed by atoms with Gasteiger partial charge in [-0.1, -0.05) is 0 Å². The second-order valence-corrected chi connectivity index (χ2v) is 7.58. The molecule has 0 spiro atoms.